The summed E-state index contributed by atoms with van der Waals surface area (Å²) < 4.78 is 28.7. The van der Waals surface area contributed by atoms with Crippen LogP contribution in [-0.2, 0) is 0 Å². The number of hydrogen-bond acceptors (Lipinski definition) is 3. The molecule has 1 amide bonds. The highest BCUT2D eigenvalue weighted by Crippen LogP contribution is 2.31. The quantitative estimate of drug-likeness (QED) is 0.855. The summed E-state index contributed by atoms with van der Waals surface area (Å²) in [5, 5.41) is 3.92. The molecule has 0 saturated carbocycles. The Kier molecular flexibility index (Phi) is 5.18. The maximum Gasteiger partial charge on any atom is 0.344 e. The minimum atomic E-state index is -0.647. The van der Waals surface area contributed by atoms with Gasteiger partial charge < -0.3 is 4.90 Å². The summed E-state index contributed by atoms with van der Waals surface area (Å²) in [6.07, 6.45) is 1.02. The van der Waals surface area contributed by atoms with Crippen molar-refractivity contribution in [1.29, 1.82) is 0 Å². The molecule has 2 aromatic rings. The molecule has 0 spiro atoms. The van der Waals surface area contributed by atoms with Crippen molar-refractivity contribution in [2.45, 2.75) is 30.7 Å². The molecule has 1 heterocycles. The summed E-state index contributed by atoms with van der Waals surface area (Å²) in [7, 11) is 0. The van der Waals surface area contributed by atoms with Gasteiger partial charge in [0, 0.05) is 18.0 Å². The van der Waals surface area contributed by atoms with Gasteiger partial charge in [0.25, 0.3) is 0 Å². The number of carbonyl (C=O) groups excluding carboxylic acids is 1. The Morgan fingerprint density at radius 3 is 2.59 bits per heavy atom. The molecule has 1 aromatic heterocycles. The van der Waals surface area contributed by atoms with Crippen molar-refractivity contribution in [3.8, 4) is 0 Å². The van der Waals surface area contributed by atoms with E-state index in [-0.39, 0.29) is 9.92 Å². The van der Waals surface area contributed by atoms with E-state index in [2.05, 4.69) is 5.10 Å². The molecule has 0 radical (unpaired) electrons. The van der Waals surface area contributed by atoms with Gasteiger partial charge >= 0.3 is 6.03 Å². The fraction of sp³-hybridized carbons (Fsp3) is 0.333. The first-order valence-corrected chi connectivity index (χ1v) is 7.76. The molecule has 7 heteroatoms. The van der Waals surface area contributed by atoms with E-state index in [0.717, 1.165) is 28.2 Å². The van der Waals surface area contributed by atoms with E-state index in [9.17, 15) is 13.6 Å². The van der Waals surface area contributed by atoms with Crippen LogP contribution in [0.4, 0.5) is 13.6 Å². The number of carbonyl (C=O) groups is 1. The smallest absolute Gasteiger partial charge is 0.323 e. The van der Waals surface area contributed by atoms with Crippen LogP contribution in [0.2, 0.25) is 0 Å². The molecule has 0 bridgehead atoms. The molecule has 118 valence electrons. The lowest BCUT2D eigenvalue weighted by Gasteiger charge is -2.17. The molecule has 0 fully saturated rings. The Balaban J connectivity index is 2.27. The molecule has 0 aliphatic heterocycles. The molecule has 0 atom stereocenters. The van der Waals surface area contributed by atoms with E-state index in [1.54, 1.807) is 12.1 Å². The van der Waals surface area contributed by atoms with Crippen LogP contribution >= 0.6 is 11.8 Å². The van der Waals surface area contributed by atoms with E-state index >= 15 is 0 Å². The van der Waals surface area contributed by atoms with Gasteiger partial charge in [0.2, 0.25) is 0 Å². The van der Waals surface area contributed by atoms with Gasteiger partial charge in [0.05, 0.1) is 6.20 Å². The van der Waals surface area contributed by atoms with E-state index < -0.39 is 17.7 Å². The Morgan fingerprint density at radius 1 is 1.27 bits per heavy atom. The fourth-order valence-corrected chi connectivity index (χ4v) is 2.83. The van der Waals surface area contributed by atoms with Crippen LogP contribution in [-0.4, -0.2) is 33.8 Å². The SMILES string of the molecule is CCN(CC)C(=O)n1cc(F)c(Sc2cc(C)ccc2F)n1. The molecule has 0 unspecified atom stereocenters. The van der Waals surface area contributed by atoms with Gasteiger partial charge in [-0.25, -0.2) is 13.6 Å². The highest BCUT2D eigenvalue weighted by Gasteiger charge is 2.19. The fourth-order valence-electron chi connectivity index (χ4n) is 1.94. The van der Waals surface area contributed by atoms with Crippen molar-refractivity contribution < 1.29 is 13.6 Å². The second kappa shape index (κ2) is 6.91. The molecular formula is C15H17F2N3OS. The Labute approximate surface area is 132 Å². The average Bonchev–Trinajstić information content (AvgIpc) is 2.85. The monoisotopic (exact) mass is 325 g/mol. The normalized spacial score (nSPS) is 10.8. The van der Waals surface area contributed by atoms with Gasteiger partial charge in [-0.15, -0.1) is 0 Å². The number of benzene rings is 1. The number of halogens is 2. The molecule has 1 aromatic carbocycles. The van der Waals surface area contributed by atoms with E-state index in [0.29, 0.717) is 13.1 Å². The van der Waals surface area contributed by atoms with Crippen LogP contribution in [0.25, 0.3) is 0 Å². The molecule has 4 nitrogen and oxygen atoms in total. The first kappa shape index (κ1) is 16.5. The second-order valence-corrected chi connectivity index (χ2v) is 5.75. The summed E-state index contributed by atoms with van der Waals surface area (Å²) >= 11 is 0.867. The lowest BCUT2D eigenvalue weighted by atomic mass is 10.2. The third kappa shape index (κ3) is 3.47. The third-order valence-electron chi connectivity index (χ3n) is 3.16. The first-order chi connectivity index (χ1) is 10.5. The number of aromatic nitrogens is 2. The minimum Gasteiger partial charge on any atom is -0.323 e. The topological polar surface area (TPSA) is 38.1 Å². The number of aryl methyl sites for hydroxylation is 1. The van der Waals surface area contributed by atoms with Crippen LogP contribution in [0.3, 0.4) is 0 Å². The van der Waals surface area contributed by atoms with Crippen LogP contribution in [0, 0.1) is 18.6 Å². The van der Waals surface area contributed by atoms with E-state index in [1.165, 1.54) is 11.0 Å². The molecule has 0 N–H and O–H groups in total. The summed E-state index contributed by atoms with van der Waals surface area (Å²) in [4.78, 5) is 13.9. The third-order valence-corrected chi connectivity index (χ3v) is 4.16. The summed E-state index contributed by atoms with van der Waals surface area (Å²) in [5.74, 6) is -1.09. The van der Waals surface area contributed by atoms with E-state index in [4.69, 9.17) is 0 Å². The van der Waals surface area contributed by atoms with Crippen LogP contribution in [0.15, 0.2) is 34.3 Å². The molecule has 2 rings (SSSR count). The van der Waals surface area contributed by atoms with Crippen molar-refractivity contribution in [3.05, 3.63) is 41.6 Å². The molecular weight excluding hydrogens is 308 g/mol. The molecule has 0 aliphatic carbocycles. The van der Waals surface area contributed by atoms with Gasteiger partial charge in [0.15, 0.2) is 10.8 Å². The predicted molar refractivity (Wildman–Crippen MR) is 81.2 cm³/mol. The van der Waals surface area contributed by atoms with Crippen LogP contribution in [0.5, 0.6) is 0 Å². The van der Waals surface area contributed by atoms with Crippen molar-refractivity contribution in [2.24, 2.45) is 0 Å². The molecule has 0 aliphatic rings. The van der Waals surface area contributed by atoms with Crippen molar-refractivity contribution in [2.75, 3.05) is 13.1 Å². The van der Waals surface area contributed by atoms with Crippen LogP contribution < -0.4 is 0 Å². The zero-order chi connectivity index (χ0) is 16.3. The average molecular weight is 325 g/mol. The number of hydrogen-bond donors (Lipinski definition) is 0. The van der Waals surface area contributed by atoms with Gasteiger partial charge in [-0.1, -0.05) is 17.8 Å². The molecule has 0 saturated heterocycles. The number of nitrogens with zero attached hydrogens (tertiary/aromatic N) is 3. The van der Waals surface area contributed by atoms with Crippen molar-refractivity contribution >= 4 is 17.8 Å². The van der Waals surface area contributed by atoms with Crippen molar-refractivity contribution in [1.82, 2.24) is 14.7 Å². The summed E-state index contributed by atoms with van der Waals surface area (Å²) in [6.45, 7) is 6.50. The summed E-state index contributed by atoms with van der Waals surface area (Å²) in [5.41, 5.74) is 0.864. The van der Waals surface area contributed by atoms with Crippen molar-refractivity contribution in [3.63, 3.8) is 0 Å². The zero-order valence-electron chi connectivity index (χ0n) is 12.6. The second-order valence-electron chi connectivity index (χ2n) is 4.72. The first-order valence-electron chi connectivity index (χ1n) is 6.94. The van der Waals surface area contributed by atoms with Gasteiger partial charge in [-0.05, 0) is 38.5 Å². The van der Waals surface area contributed by atoms with Gasteiger partial charge in [-0.2, -0.15) is 9.78 Å². The van der Waals surface area contributed by atoms with Gasteiger partial charge in [-0.3, -0.25) is 0 Å². The van der Waals surface area contributed by atoms with Gasteiger partial charge in [0.1, 0.15) is 5.82 Å². The van der Waals surface area contributed by atoms with E-state index in [1.807, 2.05) is 20.8 Å². The Morgan fingerprint density at radius 2 is 1.95 bits per heavy atom. The highest BCUT2D eigenvalue weighted by atomic mass is 32.2. The predicted octanol–water partition coefficient (Wildman–Crippen LogP) is 3.93. The minimum absolute atomic E-state index is 0.0231. The summed E-state index contributed by atoms with van der Waals surface area (Å²) in [6, 6.07) is 4.18. The lowest BCUT2D eigenvalue weighted by molar-refractivity contribution is 0.201. The Bertz CT molecular complexity index is 683. The highest BCUT2D eigenvalue weighted by molar-refractivity contribution is 7.99. The Hall–Kier alpha value is -1.89. The molecule has 22 heavy (non-hydrogen) atoms. The van der Waals surface area contributed by atoms with Crippen LogP contribution in [0.1, 0.15) is 19.4 Å². The largest absolute Gasteiger partial charge is 0.344 e. The standard InChI is InChI=1S/C15H17F2N3OS/c1-4-19(5-2)15(21)20-9-12(17)14(18-20)22-13-8-10(3)6-7-11(13)16/h6-9H,4-5H2,1-3H3. The zero-order valence-corrected chi connectivity index (χ0v) is 13.5. The number of amides is 1. The number of rotatable bonds is 4. The maximum atomic E-state index is 14.0. The maximum absolute atomic E-state index is 14.0. The lowest BCUT2D eigenvalue weighted by Crippen LogP contribution is -2.34.